The second kappa shape index (κ2) is 6.76. The maximum atomic E-state index is 13.5. The number of esters is 1. The molecule has 7 heteroatoms. The SMILES string of the molecule is CCCN1C(=O)NC(c2ccc(F)c(F)c2)C(C(=O)OC)=C1C. The minimum Gasteiger partial charge on any atom is -0.466 e. The molecule has 0 spiro atoms. The lowest BCUT2D eigenvalue weighted by molar-refractivity contribution is -0.136. The molecule has 1 N–H and O–H groups in total. The van der Waals surface area contributed by atoms with Crippen LogP contribution in [0.5, 0.6) is 0 Å². The molecule has 124 valence electrons. The van der Waals surface area contributed by atoms with Crippen LogP contribution in [0, 0.1) is 11.6 Å². The summed E-state index contributed by atoms with van der Waals surface area (Å²) >= 11 is 0. The molecule has 0 bridgehead atoms. The van der Waals surface area contributed by atoms with Gasteiger partial charge in [-0.1, -0.05) is 13.0 Å². The highest BCUT2D eigenvalue weighted by molar-refractivity contribution is 5.94. The molecule has 1 aromatic carbocycles. The second-order valence-electron chi connectivity index (χ2n) is 5.20. The van der Waals surface area contributed by atoms with Crippen LogP contribution in [-0.2, 0) is 9.53 Å². The van der Waals surface area contributed by atoms with Gasteiger partial charge in [-0.2, -0.15) is 0 Å². The zero-order chi connectivity index (χ0) is 17.1. The van der Waals surface area contributed by atoms with E-state index >= 15 is 0 Å². The minimum atomic E-state index is -1.05. The number of halogens is 2. The Hall–Kier alpha value is -2.44. The molecular formula is C16H18F2N2O3. The highest BCUT2D eigenvalue weighted by Gasteiger charge is 2.36. The van der Waals surface area contributed by atoms with Crippen LogP contribution < -0.4 is 5.32 Å². The van der Waals surface area contributed by atoms with Crippen LogP contribution in [0.4, 0.5) is 13.6 Å². The number of rotatable bonds is 4. The van der Waals surface area contributed by atoms with Crippen LogP contribution in [0.15, 0.2) is 29.5 Å². The van der Waals surface area contributed by atoms with E-state index in [4.69, 9.17) is 4.74 Å². The molecular weight excluding hydrogens is 306 g/mol. The first-order chi connectivity index (χ1) is 10.9. The number of carbonyl (C=O) groups excluding carboxylic acids is 2. The molecule has 0 radical (unpaired) electrons. The largest absolute Gasteiger partial charge is 0.466 e. The molecule has 1 heterocycles. The number of allylic oxidation sites excluding steroid dienone is 1. The van der Waals surface area contributed by atoms with Crippen molar-refractivity contribution in [2.24, 2.45) is 0 Å². The maximum absolute atomic E-state index is 13.5. The number of hydrogen-bond acceptors (Lipinski definition) is 3. The molecule has 5 nitrogen and oxygen atoms in total. The zero-order valence-electron chi connectivity index (χ0n) is 13.2. The summed E-state index contributed by atoms with van der Waals surface area (Å²) in [5, 5.41) is 2.65. The van der Waals surface area contributed by atoms with Crippen LogP contribution >= 0.6 is 0 Å². The molecule has 0 aromatic heterocycles. The summed E-state index contributed by atoms with van der Waals surface area (Å²) < 4.78 is 31.4. The van der Waals surface area contributed by atoms with Crippen LogP contribution in [0.3, 0.4) is 0 Å². The van der Waals surface area contributed by atoms with Crippen LogP contribution in [-0.4, -0.2) is 30.6 Å². The average molecular weight is 324 g/mol. The standard InChI is InChI=1S/C16H18F2N2O3/c1-4-7-20-9(2)13(15(21)23-3)14(19-16(20)22)10-5-6-11(17)12(18)8-10/h5-6,8,14H,4,7H2,1-3H3,(H,19,22). The number of benzene rings is 1. The van der Waals surface area contributed by atoms with E-state index in [9.17, 15) is 18.4 Å². The first-order valence-electron chi connectivity index (χ1n) is 7.22. The van der Waals surface area contributed by atoms with E-state index in [2.05, 4.69) is 5.32 Å². The number of nitrogens with one attached hydrogen (secondary N) is 1. The van der Waals surface area contributed by atoms with Gasteiger partial charge in [0.25, 0.3) is 0 Å². The van der Waals surface area contributed by atoms with Gasteiger partial charge in [-0.25, -0.2) is 18.4 Å². The van der Waals surface area contributed by atoms with E-state index in [0.29, 0.717) is 18.7 Å². The van der Waals surface area contributed by atoms with Crippen LogP contribution in [0.2, 0.25) is 0 Å². The van der Waals surface area contributed by atoms with Crippen molar-refractivity contribution >= 4 is 12.0 Å². The molecule has 1 aliphatic rings. The number of hydrogen-bond donors (Lipinski definition) is 1. The van der Waals surface area contributed by atoms with Gasteiger partial charge in [-0.3, -0.25) is 4.90 Å². The average Bonchev–Trinajstić information content (AvgIpc) is 2.53. The zero-order valence-corrected chi connectivity index (χ0v) is 13.2. The van der Waals surface area contributed by atoms with E-state index < -0.39 is 29.7 Å². The van der Waals surface area contributed by atoms with Crippen LogP contribution in [0.1, 0.15) is 31.9 Å². The van der Waals surface area contributed by atoms with Gasteiger partial charge < -0.3 is 10.1 Å². The molecule has 0 saturated heterocycles. The summed E-state index contributed by atoms with van der Waals surface area (Å²) in [4.78, 5) is 25.8. The molecule has 1 atom stereocenters. The van der Waals surface area contributed by atoms with Crippen molar-refractivity contribution in [2.75, 3.05) is 13.7 Å². The monoisotopic (exact) mass is 324 g/mol. The van der Waals surface area contributed by atoms with Gasteiger partial charge in [-0.15, -0.1) is 0 Å². The highest BCUT2D eigenvalue weighted by Crippen LogP contribution is 2.31. The number of methoxy groups -OCH3 is 1. The Morgan fingerprint density at radius 2 is 2.04 bits per heavy atom. The fraction of sp³-hybridized carbons (Fsp3) is 0.375. The van der Waals surface area contributed by atoms with E-state index in [1.807, 2.05) is 6.92 Å². The van der Waals surface area contributed by atoms with Gasteiger partial charge in [0.1, 0.15) is 0 Å². The lowest BCUT2D eigenvalue weighted by Crippen LogP contribution is -2.48. The lowest BCUT2D eigenvalue weighted by atomic mass is 9.94. The smallest absolute Gasteiger partial charge is 0.337 e. The van der Waals surface area contributed by atoms with Gasteiger partial charge in [0.15, 0.2) is 11.6 Å². The summed E-state index contributed by atoms with van der Waals surface area (Å²) in [6.45, 7) is 3.97. The number of ether oxygens (including phenoxy) is 1. The first kappa shape index (κ1) is 16.9. The molecule has 1 aromatic rings. The van der Waals surface area contributed by atoms with Crippen molar-refractivity contribution in [2.45, 2.75) is 26.3 Å². The Labute approximate surface area is 132 Å². The Morgan fingerprint density at radius 1 is 1.35 bits per heavy atom. The van der Waals surface area contributed by atoms with E-state index in [0.717, 1.165) is 12.1 Å². The molecule has 1 unspecified atom stereocenters. The van der Waals surface area contributed by atoms with Crippen LogP contribution in [0.25, 0.3) is 0 Å². The van der Waals surface area contributed by atoms with Gasteiger partial charge in [0, 0.05) is 12.2 Å². The second-order valence-corrected chi connectivity index (χ2v) is 5.20. The predicted molar refractivity (Wildman–Crippen MR) is 79.3 cm³/mol. The topological polar surface area (TPSA) is 58.6 Å². The normalized spacial score (nSPS) is 18.0. The fourth-order valence-corrected chi connectivity index (χ4v) is 2.59. The third-order valence-electron chi connectivity index (χ3n) is 3.73. The molecule has 2 amide bonds. The Kier molecular flexibility index (Phi) is 4.98. The number of urea groups is 1. The molecule has 0 fully saturated rings. The van der Waals surface area contributed by atoms with Gasteiger partial charge in [0.05, 0.1) is 18.7 Å². The summed E-state index contributed by atoms with van der Waals surface area (Å²) in [6, 6.07) is 1.96. The van der Waals surface area contributed by atoms with Crippen molar-refractivity contribution in [3.05, 3.63) is 46.7 Å². The van der Waals surface area contributed by atoms with Crippen molar-refractivity contribution in [3.63, 3.8) is 0 Å². The molecule has 0 aliphatic carbocycles. The Balaban J connectivity index is 2.54. The highest BCUT2D eigenvalue weighted by atomic mass is 19.2. The number of nitrogens with zero attached hydrogens (tertiary/aromatic N) is 1. The third-order valence-corrected chi connectivity index (χ3v) is 3.73. The van der Waals surface area contributed by atoms with Gasteiger partial charge in [0.2, 0.25) is 0 Å². The lowest BCUT2D eigenvalue weighted by Gasteiger charge is -2.35. The van der Waals surface area contributed by atoms with Crippen molar-refractivity contribution in [3.8, 4) is 0 Å². The molecule has 23 heavy (non-hydrogen) atoms. The summed E-state index contributed by atoms with van der Waals surface area (Å²) in [6.07, 6.45) is 0.703. The first-order valence-corrected chi connectivity index (χ1v) is 7.22. The minimum absolute atomic E-state index is 0.201. The van der Waals surface area contributed by atoms with Gasteiger partial charge >= 0.3 is 12.0 Å². The predicted octanol–water partition coefficient (Wildman–Crippen LogP) is 2.89. The molecule has 2 rings (SSSR count). The fourth-order valence-electron chi connectivity index (χ4n) is 2.59. The number of amides is 2. The maximum Gasteiger partial charge on any atom is 0.337 e. The van der Waals surface area contributed by atoms with Crippen molar-refractivity contribution in [1.29, 1.82) is 0 Å². The summed E-state index contributed by atoms with van der Waals surface area (Å²) in [7, 11) is 1.23. The third kappa shape index (κ3) is 3.18. The van der Waals surface area contributed by atoms with Crippen molar-refractivity contribution < 1.29 is 23.1 Å². The van der Waals surface area contributed by atoms with Crippen molar-refractivity contribution in [1.82, 2.24) is 10.2 Å². The Bertz CT molecular complexity index is 673. The van der Waals surface area contributed by atoms with E-state index in [1.54, 1.807) is 6.92 Å². The van der Waals surface area contributed by atoms with E-state index in [-0.39, 0.29) is 11.1 Å². The van der Waals surface area contributed by atoms with E-state index in [1.165, 1.54) is 18.1 Å². The quantitative estimate of drug-likeness (QED) is 0.867. The molecule has 0 saturated carbocycles. The Morgan fingerprint density at radius 3 is 2.61 bits per heavy atom. The summed E-state index contributed by atoms with van der Waals surface area (Å²) in [5.41, 5.74) is 0.914. The number of carbonyl (C=O) groups is 2. The van der Waals surface area contributed by atoms with Gasteiger partial charge in [-0.05, 0) is 31.0 Å². The molecule has 1 aliphatic heterocycles. The summed E-state index contributed by atoms with van der Waals surface area (Å²) in [5.74, 6) is -2.67.